The number of fused-ring (bicyclic) bond motifs is 1. The summed E-state index contributed by atoms with van der Waals surface area (Å²) in [5.41, 5.74) is 1.13. The lowest BCUT2D eigenvalue weighted by atomic mass is 10.1. The van der Waals surface area contributed by atoms with Crippen molar-refractivity contribution in [2.75, 3.05) is 13.3 Å². The molecule has 3 heterocycles. The molecular weight excluding hydrogens is 485 g/mol. The third-order valence-electron chi connectivity index (χ3n) is 4.04. The Balaban J connectivity index is 1.87. The first-order chi connectivity index (χ1) is 14.2. The van der Waals surface area contributed by atoms with E-state index in [1.165, 1.54) is 17.2 Å². The highest BCUT2D eigenvalue weighted by atomic mass is 31.3. The Morgan fingerprint density at radius 2 is 1.84 bits per heavy atom. The van der Waals surface area contributed by atoms with Crippen molar-refractivity contribution in [3.05, 3.63) is 18.3 Å². The molecule has 0 saturated carbocycles. The number of aliphatic hydroxyl groups is 1. The van der Waals surface area contributed by atoms with Crippen LogP contribution in [0.2, 0.25) is 0 Å². The fourth-order valence-corrected chi connectivity index (χ4v) is 5.54. The molecule has 0 aromatic carbocycles. The van der Waals surface area contributed by atoms with Crippen molar-refractivity contribution in [1.82, 2.24) is 19.5 Å². The lowest BCUT2D eigenvalue weighted by Gasteiger charge is -2.21. The van der Waals surface area contributed by atoms with E-state index in [-0.39, 0.29) is 5.65 Å². The summed E-state index contributed by atoms with van der Waals surface area (Å²) in [6, 6.07) is 0. The summed E-state index contributed by atoms with van der Waals surface area (Å²) in [6.45, 7) is 1.42. The van der Waals surface area contributed by atoms with Crippen LogP contribution < -0.4 is 0 Å². The van der Waals surface area contributed by atoms with Gasteiger partial charge in [-0.15, -0.1) is 0 Å². The van der Waals surface area contributed by atoms with Crippen LogP contribution in [0.15, 0.2) is 12.7 Å². The van der Waals surface area contributed by atoms with E-state index in [0.29, 0.717) is 17.9 Å². The number of ether oxygens (including phenoxy) is 1. The minimum atomic E-state index is -5.14. The number of hydrogen-bond acceptors (Lipinski definition) is 11. The van der Waals surface area contributed by atoms with Gasteiger partial charge in [-0.2, -0.15) is 0 Å². The molecule has 0 amide bonds. The normalized spacial score (nSPS) is 28.5. The second kappa shape index (κ2) is 8.67. The van der Waals surface area contributed by atoms with Crippen LogP contribution in [0.4, 0.5) is 0 Å². The summed E-state index contributed by atoms with van der Waals surface area (Å²) in [6.07, 6.45) is -3.79. The molecule has 19 heteroatoms. The first kappa shape index (κ1) is 24.5. The van der Waals surface area contributed by atoms with Gasteiger partial charge in [0.15, 0.2) is 11.9 Å². The standard InChI is InChI=1S/C12H19N4O12P3/c1-6-8-11(14-4-13-6)16(5-15-8)12-9(17)10(27-30(20,21)22)7(26-12)3-25-31(23,24)28-29(2,18)19/h4-5,7,9-10,12,17H,3H2,1-2H3,(H,18,19)(H,23,24)(H2,20,21,22). The van der Waals surface area contributed by atoms with E-state index < -0.39 is 54.4 Å². The molecule has 2 aromatic rings. The zero-order valence-corrected chi connectivity index (χ0v) is 18.6. The number of aryl methyl sites for hydroxylation is 1. The summed E-state index contributed by atoms with van der Waals surface area (Å²) in [5.74, 6) is 0. The van der Waals surface area contributed by atoms with E-state index in [1.54, 1.807) is 6.92 Å². The first-order valence-electron chi connectivity index (χ1n) is 8.37. The molecule has 16 nitrogen and oxygen atoms in total. The molecule has 0 bridgehead atoms. The van der Waals surface area contributed by atoms with E-state index in [0.717, 1.165) is 0 Å². The summed E-state index contributed by atoms with van der Waals surface area (Å²) < 4.78 is 54.4. The van der Waals surface area contributed by atoms with Crippen LogP contribution in [0.25, 0.3) is 11.2 Å². The molecule has 1 saturated heterocycles. The maximum Gasteiger partial charge on any atom is 0.479 e. The van der Waals surface area contributed by atoms with Gasteiger partial charge in [-0.1, -0.05) is 0 Å². The molecule has 0 radical (unpaired) electrons. The highest BCUT2D eigenvalue weighted by molar-refractivity contribution is 7.63. The quantitative estimate of drug-likeness (QED) is 0.293. The van der Waals surface area contributed by atoms with Gasteiger partial charge in [0, 0.05) is 6.66 Å². The number of nitrogens with zero attached hydrogens (tertiary/aromatic N) is 4. The van der Waals surface area contributed by atoms with Gasteiger partial charge in [0.25, 0.3) is 0 Å². The number of rotatable bonds is 8. The SMILES string of the molecule is Cc1ncnc2c1ncn2C1OC(COP(=O)(O)OP(C)(=O)O)C(OP(=O)(O)O)C1O. The van der Waals surface area contributed by atoms with Crippen LogP contribution in [-0.4, -0.2) is 75.8 Å². The molecule has 0 aliphatic carbocycles. The van der Waals surface area contributed by atoms with E-state index in [4.69, 9.17) is 19.4 Å². The number of aromatic nitrogens is 4. The largest absolute Gasteiger partial charge is 0.479 e. The van der Waals surface area contributed by atoms with Crippen LogP contribution in [0.5, 0.6) is 0 Å². The Kier molecular flexibility index (Phi) is 6.86. The molecule has 6 unspecified atom stereocenters. The highest BCUT2D eigenvalue weighted by Crippen LogP contribution is 2.58. The predicted molar refractivity (Wildman–Crippen MR) is 99.5 cm³/mol. The molecule has 1 fully saturated rings. The molecule has 5 N–H and O–H groups in total. The van der Waals surface area contributed by atoms with Gasteiger partial charge in [0.2, 0.25) is 0 Å². The van der Waals surface area contributed by atoms with Crippen LogP contribution >= 0.6 is 23.2 Å². The number of phosphoric ester groups is 2. The zero-order chi connectivity index (χ0) is 23.2. The molecule has 0 spiro atoms. The molecule has 3 rings (SSSR count). The Bertz CT molecular complexity index is 1100. The van der Waals surface area contributed by atoms with Crippen LogP contribution in [0.3, 0.4) is 0 Å². The summed E-state index contributed by atoms with van der Waals surface area (Å²) >= 11 is 0. The van der Waals surface area contributed by atoms with E-state index in [1.807, 2.05) is 0 Å². The Hall–Kier alpha value is -1.12. The fourth-order valence-electron chi connectivity index (χ4n) is 2.91. The molecule has 2 aromatic heterocycles. The fraction of sp³-hybridized carbons (Fsp3) is 0.583. The Morgan fingerprint density at radius 3 is 2.45 bits per heavy atom. The monoisotopic (exact) mass is 504 g/mol. The zero-order valence-electron chi connectivity index (χ0n) is 15.9. The number of aliphatic hydroxyl groups excluding tert-OH is 1. The van der Waals surface area contributed by atoms with Crippen molar-refractivity contribution in [1.29, 1.82) is 0 Å². The van der Waals surface area contributed by atoms with Gasteiger partial charge in [-0.25, -0.2) is 28.4 Å². The smallest absolute Gasteiger partial charge is 0.386 e. The summed E-state index contributed by atoms with van der Waals surface area (Å²) in [5, 5.41) is 10.6. The predicted octanol–water partition coefficient (Wildman–Crippen LogP) is -0.180. The molecule has 1 aliphatic heterocycles. The molecule has 6 atom stereocenters. The average Bonchev–Trinajstić information content (AvgIpc) is 3.13. The topological polar surface area (TPSA) is 233 Å². The van der Waals surface area contributed by atoms with Crippen LogP contribution in [0.1, 0.15) is 11.9 Å². The third-order valence-corrected chi connectivity index (χ3v) is 7.07. The second-order valence-corrected chi connectivity index (χ2v) is 11.2. The van der Waals surface area contributed by atoms with Crippen molar-refractivity contribution in [3.8, 4) is 0 Å². The highest BCUT2D eigenvalue weighted by Gasteiger charge is 2.49. The maximum absolute atomic E-state index is 11.8. The number of imidazole rings is 1. The second-order valence-electron chi connectivity index (χ2n) is 6.55. The number of hydrogen-bond donors (Lipinski definition) is 5. The molecule has 31 heavy (non-hydrogen) atoms. The van der Waals surface area contributed by atoms with Crippen LogP contribution in [0, 0.1) is 6.92 Å². The van der Waals surface area contributed by atoms with E-state index in [2.05, 4.69) is 28.3 Å². The van der Waals surface area contributed by atoms with Crippen molar-refractivity contribution in [2.24, 2.45) is 0 Å². The minimum Gasteiger partial charge on any atom is -0.386 e. The van der Waals surface area contributed by atoms with Gasteiger partial charge in [-0.3, -0.25) is 18.2 Å². The van der Waals surface area contributed by atoms with Gasteiger partial charge in [0.1, 0.15) is 30.2 Å². The van der Waals surface area contributed by atoms with Crippen LogP contribution in [-0.2, 0) is 31.8 Å². The first-order valence-corrected chi connectivity index (χ1v) is 13.4. The summed E-state index contributed by atoms with van der Waals surface area (Å²) in [4.78, 5) is 49.1. The lowest BCUT2D eigenvalue weighted by Crippen LogP contribution is -2.35. The average molecular weight is 504 g/mol. The number of phosphoric acid groups is 2. The van der Waals surface area contributed by atoms with Gasteiger partial charge < -0.3 is 29.4 Å². The van der Waals surface area contributed by atoms with Gasteiger partial charge >= 0.3 is 23.2 Å². The molecule has 174 valence electrons. The minimum absolute atomic E-state index is 0.233. The van der Waals surface area contributed by atoms with E-state index in [9.17, 15) is 23.7 Å². The van der Waals surface area contributed by atoms with Crippen molar-refractivity contribution in [2.45, 2.75) is 31.5 Å². The van der Waals surface area contributed by atoms with Gasteiger partial charge in [-0.05, 0) is 6.92 Å². The van der Waals surface area contributed by atoms with Crippen molar-refractivity contribution >= 4 is 34.4 Å². The molecule has 1 aliphatic rings. The summed E-state index contributed by atoms with van der Waals surface area (Å²) in [7, 11) is -14.6. The van der Waals surface area contributed by atoms with Gasteiger partial charge in [0.05, 0.1) is 18.6 Å². The van der Waals surface area contributed by atoms with E-state index >= 15 is 0 Å². The van der Waals surface area contributed by atoms with Crippen molar-refractivity contribution < 1.29 is 56.5 Å². The molecular formula is C12H19N4O12P3. The Morgan fingerprint density at radius 1 is 1.16 bits per heavy atom. The maximum atomic E-state index is 11.8. The third kappa shape index (κ3) is 6.02. The Labute approximate surface area is 174 Å². The van der Waals surface area contributed by atoms with Crippen molar-refractivity contribution in [3.63, 3.8) is 0 Å². The lowest BCUT2D eigenvalue weighted by molar-refractivity contribution is -0.0500.